The zero-order valence-corrected chi connectivity index (χ0v) is 11.8. The van der Waals surface area contributed by atoms with Crippen LogP contribution in [0, 0.1) is 0 Å². The van der Waals surface area contributed by atoms with Crippen LogP contribution in [0.25, 0.3) is 0 Å². The van der Waals surface area contributed by atoms with Crippen molar-refractivity contribution in [2.75, 3.05) is 11.9 Å². The second kappa shape index (κ2) is 6.50. The van der Waals surface area contributed by atoms with Gasteiger partial charge in [0.1, 0.15) is 5.75 Å². The van der Waals surface area contributed by atoms with Crippen molar-refractivity contribution < 1.29 is 14.6 Å². The van der Waals surface area contributed by atoms with Gasteiger partial charge >= 0.3 is 0 Å². The van der Waals surface area contributed by atoms with Crippen molar-refractivity contribution in [3.05, 3.63) is 52.5 Å². The molecule has 0 fully saturated rings. The average molecular weight is 312 g/mol. The number of ether oxygens (including phenoxy) is 1. The van der Waals surface area contributed by atoms with E-state index in [1.165, 1.54) is 12.1 Å². The molecule has 2 N–H and O–H groups in total. The highest BCUT2D eigenvalue weighted by molar-refractivity contribution is 6.37. The van der Waals surface area contributed by atoms with E-state index >= 15 is 0 Å². The number of phenolic OH excluding ortho intramolecular Hbond substituents is 1. The average Bonchev–Trinajstić information content (AvgIpc) is 2.43. The Morgan fingerprint density at radius 2 is 1.75 bits per heavy atom. The Kier molecular flexibility index (Phi) is 4.71. The first-order chi connectivity index (χ1) is 9.56. The Balaban J connectivity index is 1.95. The summed E-state index contributed by atoms with van der Waals surface area (Å²) in [4.78, 5) is 11.7. The number of benzene rings is 2. The van der Waals surface area contributed by atoms with Gasteiger partial charge in [0.05, 0.1) is 10.0 Å². The smallest absolute Gasteiger partial charge is 0.262 e. The number of anilines is 1. The van der Waals surface area contributed by atoms with E-state index in [0.717, 1.165) is 0 Å². The molecule has 0 aliphatic rings. The van der Waals surface area contributed by atoms with Crippen molar-refractivity contribution in [1.29, 1.82) is 0 Å². The second-order valence-corrected chi connectivity index (χ2v) is 4.75. The molecule has 6 heteroatoms. The Morgan fingerprint density at radius 3 is 2.35 bits per heavy atom. The van der Waals surface area contributed by atoms with Gasteiger partial charge < -0.3 is 15.2 Å². The zero-order valence-electron chi connectivity index (χ0n) is 10.3. The lowest BCUT2D eigenvalue weighted by Crippen LogP contribution is -2.20. The van der Waals surface area contributed by atoms with E-state index in [4.69, 9.17) is 27.9 Å². The summed E-state index contributed by atoms with van der Waals surface area (Å²) in [6.07, 6.45) is 0. The number of carbonyl (C=O) groups excluding carboxylic acids is 1. The number of halogens is 2. The Morgan fingerprint density at radius 1 is 1.15 bits per heavy atom. The maximum absolute atomic E-state index is 11.7. The summed E-state index contributed by atoms with van der Waals surface area (Å²) in [6, 6.07) is 11.8. The van der Waals surface area contributed by atoms with Crippen molar-refractivity contribution in [1.82, 2.24) is 0 Å². The standard InChI is InChI=1S/C14H11Cl2NO3/c15-11-6-9(7-12(16)14(11)19)17-13(18)8-20-10-4-2-1-3-5-10/h1-7,19H,8H2,(H,17,18). The molecule has 0 aliphatic heterocycles. The molecule has 2 rings (SSSR count). The van der Waals surface area contributed by atoms with E-state index in [2.05, 4.69) is 5.32 Å². The molecule has 20 heavy (non-hydrogen) atoms. The molecule has 2 aromatic carbocycles. The SMILES string of the molecule is O=C(COc1ccccc1)Nc1cc(Cl)c(O)c(Cl)c1. The van der Waals surface area contributed by atoms with Gasteiger partial charge in [-0.2, -0.15) is 0 Å². The van der Waals surface area contributed by atoms with Crippen LogP contribution in [0.3, 0.4) is 0 Å². The molecule has 0 atom stereocenters. The van der Waals surface area contributed by atoms with Gasteiger partial charge in [-0.05, 0) is 24.3 Å². The molecule has 0 saturated heterocycles. The molecule has 104 valence electrons. The van der Waals surface area contributed by atoms with Gasteiger partial charge in [-0.3, -0.25) is 4.79 Å². The van der Waals surface area contributed by atoms with Crippen LogP contribution >= 0.6 is 23.2 Å². The van der Waals surface area contributed by atoms with Gasteiger partial charge in [-0.1, -0.05) is 41.4 Å². The molecule has 0 radical (unpaired) electrons. The molecule has 0 bridgehead atoms. The lowest BCUT2D eigenvalue weighted by molar-refractivity contribution is -0.118. The number of phenols is 1. The van der Waals surface area contributed by atoms with Crippen LogP contribution in [0.5, 0.6) is 11.5 Å². The van der Waals surface area contributed by atoms with Crippen molar-refractivity contribution in [2.45, 2.75) is 0 Å². The van der Waals surface area contributed by atoms with Crippen molar-refractivity contribution >= 4 is 34.8 Å². The fourth-order valence-electron chi connectivity index (χ4n) is 1.50. The first kappa shape index (κ1) is 14.5. The quantitative estimate of drug-likeness (QED) is 0.846. The third-order valence-corrected chi connectivity index (χ3v) is 2.99. The minimum Gasteiger partial charge on any atom is -0.505 e. The second-order valence-electron chi connectivity index (χ2n) is 3.94. The topological polar surface area (TPSA) is 58.6 Å². The predicted octanol–water partition coefficient (Wildman–Crippen LogP) is 3.72. The lowest BCUT2D eigenvalue weighted by Gasteiger charge is -2.09. The normalized spacial score (nSPS) is 10.1. The molecular weight excluding hydrogens is 301 g/mol. The summed E-state index contributed by atoms with van der Waals surface area (Å²) < 4.78 is 5.30. The van der Waals surface area contributed by atoms with E-state index in [9.17, 15) is 9.90 Å². The summed E-state index contributed by atoms with van der Waals surface area (Å²) in [5, 5.41) is 12.1. The molecule has 0 aliphatic carbocycles. The van der Waals surface area contributed by atoms with Gasteiger partial charge in [-0.25, -0.2) is 0 Å². The van der Waals surface area contributed by atoms with Gasteiger partial charge in [0.15, 0.2) is 12.4 Å². The molecule has 4 nitrogen and oxygen atoms in total. The van der Waals surface area contributed by atoms with Gasteiger partial charge in [-0.15, -0.1) is 0 Å². The number of aromatic hydroxyl groups is 1. The molecule has 0 saturated carbocycles. The van der Waals surface area contributed by atoms with E-state index in [-0.39, 0.29) is 28.3 Å². The van der Waals surface area contributed by atoms with Gasteiger partial charge in [0, 0.05) is 5.69 Å². The summed E-state index contributed by atoms with van der Waals surface area (Å²) in [6.45, 7) is -0.139. The number of hydrogen-bond acceptors (Lipinski definition) is 3. The number of amides is 1. The summed E-state index contributed by atoms with van der Waals surface area (Å²) in [5.74, 6) is 0.0305. The van der Waals surface area contributed by atoms with Crippen LogP contribution in [0.1, 0.15) is 0 Å². The highest BCUT2D eigenvalue weighted by Crippen LogP contribution is 2.34. The first-order valence-electron chi connectivity index (χ1n) is 5.72. The lowest BCUT2D eigenvalue weighted by atomic mass is 10.3. The summed E-state index contributed by atoms with van der Waals surface area (Å²) >= 11 is 11.5. The van der Waals surface area contributed by atoms with Gasteiger partial charge in [0.2, 0.25) is 0 Å². The molecular formula is C14H11Cl2NO3. The molecule has 2 aromatic rings. The number of rotatable bonds is 4. The van der Waals surface area contributed by atoms with Crippen LogP contribution in [0.15, 0.2) is 42.5 Å². The number of para-hydroxylation sites is 1. The molecule has 0 heterocycles. The monoisotopic (exact) mass is 311 g/mol. The van der Waals surface area contributed by atoms with Crippen LogP contribution in [0.2, 0.25) is 10.0 Å². The van der Waals surface area contributed by atoms with Crippen molar-refractivity contribution in [2.24, 2.45) is 0 Å². The van der Waals surface area contributed by atoms with E-state index in [1.807, 2.05) is 18.2 Å². The highest BCUT2D eigenvalue weighted by atomic mass is 35.5. The Hall–Kier alpha value is -1.91. The number of hydrogen-bond donors (Lipinski definition) is 2. The fourth-order valence-corrected chi connectivity index (χ4v) is 1.99. The van der Waals surface area contributed by atoms with Crippen molar-refractivity contribution in [3.63, 3.8) is 0 Å². The number of nitrogens with one attached hydrogen (secondary N) is 1. The molecule has 1 amide bonds. The third-order valence-electron chi connectivity index (χ3n) is 2.41. The largest absolute Gasteiger partial charge is 0.505 e. The molecule has 0 aromatic heterocycles. The third kappa shape index (κ3) is 3.79. The Bertz CT molecular complexity index is 594. The van der Waals surface area contributed by atoms with E-state index < -0.39 is 0 Å². The highest BCUT2D eigenvalue weighted by Gasteiger charge is 2.09. The summed E-state index contributed by atoms with van der Waals surface area (Å²) in [7, 11) is 0. The van der Waals surface area contributed by atoms with E-state index in [1.54, 1.807) is 12.1 Å². The number of carbonyl (C=O) groups is 1. The van der Waals surface area contributed by atoms with Gasteiger partial charge in [0.25, 0.3) is 5.91 Å². The van der Waals surface area contributed by atoms with Crippen molar-refractivity contribution in [3.8, 4) is 11.5 Å². The van der Waals surface area contributed by atoms with Crippen LogP contribution in [-0.4, -0.2) is 17.6 Å². The predicted molar refractivity (Wildman–Crippen MR) is 78.7 cm³/mol. The van der Waals surface area contributed by atoms with Crippen LogP contribution in [0.4, 0.5) is 5.69 Å². The fraction of sp³-hybridized carbons (Fsp3) is 0.0714. The Labute approximate surface area is 125 Å². The minimum absolute atomic E-state index is 0.0665. The molecule has 0 spiro atoms. The van der Waals surface area contributed by atoms with E-state index in [0.29, 0.717) is 11.4 Å². The minimum atomic E-state index is -0.355. The summed E-state index contributed by atoms with van der Waals surface area (Å²) in [5.41, 5.74) is 0.388. The maximum atomic E-state index is 11.7. The molecule has 0 unspecified atom stereocenters. The maximum Gasteiger partial charge on any atom is 0.262 e. The zero-order chi connectivity index (χ0) is 14.5. The van der Waals surface area contributed by atoms with Crippen LogP contribution in [-0.2, 0) is 4.79 Å². The van der Waals surface area contributed by atoms with Crippen LogP contribution < -0.4 is 10.1 Å². The first-order valence-corrected chi connectivity index (χ1v) is 6.47.